The molecule has 3 amide bonds. The molecule has 1 saturated carbocycles. The van der Waals surface area contributed by atoms with Gasteiger partial charge in [0.1, 0.15) is 10.1 Å². The molecule has 1 aliphatic carbocycles. The van der Waals surface area contributed by atoms with Crippen LogP contribution in [0.4, 0.5) is 16.2 Å². The Hall–Kier alpha value is -2.68. The number of halogens is 5. The second kappa shape index (κ2) is 10.6. The van der Waals surface area contributed by atoms with Gasteiger partial charge in [0.05, 0.1) is 16.5 Å². The minimum Gasteiger partial charge on any atom is -0.410 e. The zero-order chi connectivity index (χ0) is 27.1. The molecule has 2 atom stereocenters. The van der Waals surface area contributed by atoms with Gasteiger partial charge in [-0.25, -0.2) is 4.79 Å². The first kappa shape index (κ1) is 27.4. The molecule has 0 heterocycles. The molecule has 4 rings (SSSR count). The highest BCUT2D eigenvalue weighted by molar-refractivity contribution is 6.53. The summed E-state index contributed by atoms with van der Waals surface area (Å²) in [6.07, 6.45) is -0.948. The van der Waals surface area contributed by atoms with E-state index in [1.807, 2.05) is 0 Å². The molecule has 37 heavy (non-hydrogen) atoms. The summed E-state index contributed by atoms with van der Waals surface area (Å²) < 4.78 is 3.48. The van der Waals surface area contributed by atoms with E-state index < -0.39 is 34.1 Å². The van der Waals surface area contributed by atoms with E-state index in [2.05, 4.69) is 10.6 Å². The van der Waals surface area contributed by atoms with E-state index in [-0.39, 0.29) is 16.3 Å². The SMILES string of the molecule is Cc1cc(OC(N)=O)ccc1NC(=O)c1cc(NC(=O)[C@H]2[C@H](c3cc(Cl)cc(Cl)c3)C2(Cl)Cl)ccc1Cl. The topological polar surface area (TPSA) is 111 Å². The highest BCUT2D eigenvalue weighted by atomic mass is 35.5. The van der Waals surface area contributed by atoms with Gasteiger partial charge < -0.3 is 21.1 Å². The smallest absolute Gasteiger partial charge is 0.409 e. The molecule has 0 radical (unpaired) electrons. The standard InChI is InChI=1S/C25H18Cl5N3O4/c1-11-6-16(37-24(31)36)3-5-19(11)33-22(34)17-10-15(2-4-18(17)28)32-23(35)21-20(25(21,29)30)12-7-13(26)9-14(27)8-12/h2-10,20-21H,1H3,(H2,31,36)(H,32,35)(H,33,34)/t20-,21+/m0/s1. The first-order chi connectivity index (χ1) is 17.4. The van der Waals surface area contributed by atoms with Crippen LogP contribution in [0.3, 0.4) is 0 Å². The average Bonchev–Trinajstić information content (AvgIpc) is 3.38. The fourth-order valence-corrected chi connectivity index (χ4v) is 5.54. The van der Waals surface area contributed by atoms with Crippen molar-refractivity contribution < 1.29 is 19.1 Å². The van der Waals surface area contributed by atoms with Crippen LogP contribution in [0.15, 0.2) is 54.6 Å². The van der Waals surface area contributed by atoms with Crippen molar-refractivity contribution in [1.82, 2.24) is 0 Å². The zero-order valence-corrected chi connectivity index (χ0v) is 22.7. The molecule has 4 N–H and O–H groups in total. The normalized spacial score (nSPS) is 17.6. The Morgan fingerprint density at radius 1 is 0.919 bits per heavy atom. The van der Waals surface area contributed by atoms with E-state index in [1.165, 1.54) is 18.2 Å². The number of primary amides is 1. The summed E-state index contributed by atoms with van der Waals surface area (Å²) in [5.41, 5.74) is 7.18. The molecule has 0 bridgehead atoms. The monoisotopic (exact) mass is 599 g/mol. The summed E-state index contributed by atoms with van der Waals surface area (Å²) in [5, 5.41) is 6.45. The fraction of sp³-hybridized carbons (Fsp3) is 0.160. The predicted molar refractivity (Wildman–Crippen MR) is 147 cm³/mol. The summed E-state index contributed by atoms with van der Waals surface area (Å²) in [6, 6.07) is 13.9. The number of rotatable bonds is 6. The molecule has 3 aromatic carbocycles. The molecule has 0 saturated heterocycles. The van der Waals surface area contributed by atoms with E-state index in [1.54, 1.807) is 43.3 Å². The second-order valence-electron chi connectivity index (χ2n) is 8.37. The van der Waals surface area contributed by atoms with E-state index in [0.29, 0.717) is 32.5 Å². The van der Waals surface area contributed by atoms with Gasteiger partial charge >= 0.3 is 6.09 Å². The second-order valence-corrected chi connectivity index (χ2v) is 11.1. The molecule has 3 aromatic rings. The van der Waals surface area contributed by atoms with Gasteiger partial charge in [-0.1, -0.05) is 34.8 Å². The van der Waals surface area contributed by atoms with Crippen molar-refractivity contribution in [2.45, 2.75) is 17.2 Å². The highest BCUT2D eigenvalue weighted by Crippen LogP contribution is 2.65. The molecule has 0 unspecified atom stereocenters. The van der Waals surface area contributed by atoms with Gasteiger partial charge in [0, 0.05) is 27.3 Å². The van der Waals surface area contributed by atoms with Crippen LogP contribution in [-0.4, -0.2) is 22.2 Å². The Morgan fingerprint density at radius 3 is 2.22 bits per heavy atom. The number of carbonyl (C=O) groups excluding carboxylic acids is 3. The highest BCUT2D eigenvalue weighted by Gasteiger charge is 2.67. The number of ether oxygens (including phenoxy) is 1. The quantitative estimate of drug-likeness (QED) is 0.260. The minimum atomic E-state index is -1.35. The van der Waals surface area contributed by atoms with Crippen molar-refractivity contribution in [2.24, 2.45) is 11.7 Å². The predicted octanol–water partition coefficient (Wildman–Crippen LogP) is 7.19. The number of anilines is 2. The number of aryl methyl sites for hydroxylation is 1. The van der Waals surface area contributed by atoms with Crippen LogP contribution < -0.4 is 21.1 Å². The molecule has 0 aliphatic heterocycles. The van der Waals surface area contributed by atoms with Crippen molar-refractivity contribution in [3.63, 3.8) is 0 Å². The Kier molecular flexibility index (Phi) is 7.83. The third-order valence-corrected chi connectivity index (χ3v) is 7.43. The number of hydrogen-bond acceptors (Lipinski definition) is 4. The maximum absolute atomic E-state index is 13.0. The number of nitrogens with one attached hydrogen (secondary N) is 2. The molecular formula is C25H18Cl5N3O4. The molecule has 0 spiro atoms. The van der Waals surface area contributed by atoms with E-state index in [4.69, 9.17) is 68.5 Å². The number of amides is 3. The van der Waals surface area contributed by atoms with Crippen molar-refractivity contribution in [1.29, 1.82) is 0 Å². The maximum atomic E-state index is 13.0. The number of nitrogens with two attached hydrogens (primary N) is 1. The lowest BCUT2D eigenvalue weighted by Crippen LogP contribution is -2.18. The molecule has 0 aromatic heterocycles. The van der Waals surface area contributed by atoms with Crippen molar-refractivity contribution in [3.8, 4) is 5.75 Å². The number of alkyl halides is 2. The summed E-state index contributed by atoms with van der Waals surface area (Å²) in [5.74, 6) is -2.03. The molecule has 1 fully saturated rings. The fourth-order valence-electron chi connectivity index (χ4n) is 3.97. The Bertz CT molecular complexity index is 1410. The number of benzene rings is 3. The molecule has 1 aliphatic rings. The van der Waals surface area contributed by atoms with Crippen LogP contribution in [0, 0.1) is 12.8 Å². The van der Waals surface area contributed by atoms with Gasteiger partial charge in [0.25, 0.3) is 5.91 Å². The minimum absolute atomic E-state index is 0.119. The first-order valence-electron chi connectivity index (χ1n) is 10.7. The largest absolute Gasteiger partial charge is 0.410 e. The number of carbonyl (C=O) groups is 3. The van der Waals surface area contributed by atoms with Gasteiger partial charge in [-0.2, -0.15) is 0 Å². The Morgan fingerprint density at radius 2 is 1.59 bits per heavy atom. The number of hydrogen-bond donors (Lipinski definition) is 3. The van der Waals surface area contributed by atoms with Crippen LogP contribution >= 0.6 is 58.0 Å². The average molecular weight is 602 g/mol. The summed E-state index contributed by atoms with van der Waals surface area (Å²) in [4.78, 5) is 36.9. The van der Waals surface area contributed by atoms with Gasteiger partial charge in [-0.3, -0.25) is 9.59 Å². The van der Waals surface area contributed by atoms with Gasteiger partial charge in [0.15, 0.2) is 0 Å². The van der Waals surface area contributed by atoms with Gasteiger partial charge in [0.2, 0.25) is 5.91 Å². The van der Waals surface area contributed by atoms with Crippen LogP contribution in [0.25, 0.3) is 0 Å². The molecule has 12 heteroatoms. The third-order valence-electron chi connectivity index (χ3n) is 5.72. The van der Waals surface area contributed by atoms with Crippen LogP contribution in [0.2, 0.25) is 15.1 Å². The molecular weight excluding hydrogens is 584 g/mol. The summed E-state index contributed by atoms with van der Waals surface area (Å²) in [6.45, 7) is 1.71. The molecule has 7 nitrogen and oxygen atoms in total. The summed E-state index contributed by atoms with van der Waals surface area (Å²) >= 11 is 31.3. The van der Waals surface area contributed by atoms with Crippen LogP contribution in [0.5, 0.6) is 5.75 Å². The zero-order valence-electron chi connectivity index (χ0n) is 19.0. The lowest BCUT2D eigenvalue weighted by atomic mass is 10.1. The maximum Gasteiger partial charge on any atom is 0.409 e. The van der Waals surface area contributed by atoms with Gasteiger partial charge in [-0.15, -0.1) is 23.2 Å². The van der Waals surface area contributed by atoms with Crippen molar-refractivity contribution in [2.75, 3.05) is 10.6 Å². The Balaban J connectivity index is 1.49. The van der Waals surface area contributed by atoms with E-state index >= 15 is 0 Å². The van der Waals surface area contributed by atoms with Crippen LogP contribution in [-0.2, 0) is 4.79 Å². The summed E-state index contributed by atoms with van der Waals surface area (Å²) in [7, 11) is 0. The first-order valence-corrected chi connectivity index (χ1v) is 12.6. The van der Waals surface area contributed by atoms with E-state index in [9.17, 15) is 14.4 Å². The molecule has 192 valence electrons. The van der Waals surface area contributed by atoms with Crippen molar-refractivity contribution in [3.05, 3.63) is 86.4 Å². The van der Waals surface area contributed by atoms with Crippen molar-refractivity contribution >= 4 is 87.3 Å². The van der Waals surface area contributed by atoms with E-state index in [0.717, 1.165) is 0 Å². The third kappa shape index (κ3) is 6.08. The lowest BCUT2D eigenvalue weighted by molar-refractivity contribution is -0.117. The van der Waals surface area contributed by atoms with Crippen LogP contribution in [0.1, 0.15) is 27.4 Å². The van der Waals surface area contributed by atoms with Gasteiger partial charge in [-0.05, 0) is 72.6 Å². The Labute approximate surface area is 237 Å². The lowest BCUT2D eigenvalue weighted by Gasteiger charge is -2.12.